The third-order valence-electron chi connectivity index (χ3n) is 5.41. The van der Waals surface area contributed by atoms with Crippen molar-refractivity contribution in [2.24, 2.45) is 5.92 Å². The first-order valence-corrected chi connectivity index (χ1v) is 10.1. The summed E-state index contributed by atoms with van der Waals surface area (Å²) in [5, 5.41) is 13.9. The Kier molecular flexibility index (Phi) is 5.90. The molecule has 1 saturated heterocycles. The van der Waals surface area contributed by atoms with E-state index in [1.807, 2.05) is 4.90 Å². The zero-order chi connectivity index (χ0) is 18.7. The molecule has 142 valence electrons. The van der Waals surface area contributed by atoms with Gasteiger partial charge in [-0.1, -0.05) is 19.3 Å². The van der Waals surface area contributed by atoms with Gasteiger partial charge in [-0.05, 0) is 32.6 Å². The summed E-state index contributed by atoms with van der Waals surface area (Å²) >= 11 is 1.15. The van der Waals surface area contributed by atoms with Crippen LogP contribution in [0.1, 0.15) is 59.5 Å². The van der Waals surface area contributed by atoms with Gasteiger partial charge in [-0.3, -0.25) is 19.7 Å². The fraction of sp³-hybridized carbons (Fsp3) is 0.667. The Morgan fingerprint density at radius 1 is 1.19 bits per heavy atom. The van der Waals surface area contributed by atoms with Crippen LogP contribution < -0.4 is 5.32 Å². The summed E-state index contributed by atoms with van der Waals surface area (Å²) in [7, 11) is 0. The Labute approximate surface area is 156 Å². The third kappa shape index (κ3) is 4.23. The number of likely N-dealkylation sites (tertiary alicyclic amines) is 1. The number of nitrogens with one attached hydrogen (secondary N) is 1. The smallest absolute Gasteiger partial charge is 0.283 e. The molecular formula is C18H25N3O4S. The molecule has 0 spiro atoms. The molecular weight excluding hydrogens is 354 g/mol. The topological polar surface area (TPSA) is 92.6 Å². The van der Waals surface area contributed by atoms with Crippen LogP contribution in [0.5, 0.6) is 0 Å². The summed E-state index contributed by atoms with van der Waals surface area (Å²) in [6.45, 7) is 2.99. The first kappa shape index (κ1) is 18.8. The van der Waals surface area contributed by atoms with Crippen LogP contribution in [0.15, 0.2) is 6.07 Å². The van der Waals surface area contributed by atoms with Gasteiger partial charge >= 0.3 is 0 Å². The average molecular weight is 379 g/mol. The van der Waals surface area contributed by atoms with Gasteiger partial charge < -0.3 is 10.2 Å². The van der Waals surface area contributed by atoms with Crippen molar-refractivity contribution >= 4 is 28.8 Å². The monoisotopic (exact) mass is 379 g/mol. The third-order valence-corrected chi connectivity index (χ3v) is 6.45. The molecule has 1 aromatic rings. The molecule has 1 aromatic heterocycles. The van der Waals surface area contributed by atoms with Crippen molar-refractivity contribution in [3.05, 3.63) is 25.9 Å². The highest BCUT2D eigenvalue weighted by atomic mass is 32.1. The molecule has 2 heterocycles. The second-order valence-corrected chi connectivity index (χ2v) is 8.47. The molecule has 2 aliphatic rings. The van der Waals surface area contributed by atoms with Crippen molar-refractivity contribution in [1.29, 1.82) is 0 Å². The van der Waals surface area contributed by atoms with Crippen LogP contribution in [0.2, 0.25) is 0 Å². The van der Waals surface area contributed by atoms with E-state index in [0.717, 1.165) is 49.9 Å². The van der Waals surface area contributed by atoms with E-state index < -0.39 is 4.92 Å². The summed E-state index contributed by atoms with van der Waals surface area (Å²) in [5.74, 6) is 0.201. The highest BCUT2D eigenvalue weighted by Crippen LogP contribution is 2.29. The Balaban J connectivity index is 1.50. The molecule has 1 aliphatic carbocycles. The second kappa shape index (κ2) is 8.16. The molecule has 0 atom stereocenters. The maximum atomic E-state index is 12.6. The maximum absolute atomic E-state index is 12.6. The van der Waals surface area contributed by atoms with E-state index in [-0.39, 0.29) is 29.5 Å². The van der Waals surface area contributed by atoms with E-state index in [1.165, 1.54) is 12.5 Å². The average Bonchev–Trinajstić information content (AvgIpc) is 3.05. The molecule has 26 heavy (non-hydrogen) atoms. The molecule has 0 aromatic carbocycles. The molecule has 1 N–H and O–H groups in total. The van der Waals surface area contributed by atoms with Crippen molar-refractivity contribution in [2.75, 3.05) is 13.1 Å². The Bertz CT molecular complexity index is 689. The Hall–Kier alpha value is -1.96. The van der Waals surface area contributed by atoms with E-state index in [0.29, 0.717) is 22.8 Å². The number of aryl methyl sites for hydroxylation is 1. The van der Waals surface area contributed by atoms with Crippen molar-refractivity contribution in [2.45, 2.75) is 57.9 Å². The van der Waals surface area contributed by atoms with Gasteiger partial charge in [0, 0.05) is 31.1 Å². The van der Waals surface area contributed by atoms with Crippen molar-refractivity contribution in [3.63, 3.8) is 0 Å². The number of amides is 2. The standard InChI is InChI=1S/C18H25N3O4S/c1-12-15(21(24)25)11-16(26-12)17(22)19-14-7-9-20(10-8-14)18(23)13-5-3-2-4-6-13/h11,13-14H,2-10H2,1H3,(H,19,22). The van der Waals surface area contributed by atoms with E-state index in [9.17, 15) is 19.7 Å². The number of hydrogen-bond acceptors (Lipinski definition) is 5. The highest BCUT2D eigenvalue weighted by molar-refractivity contribution is 7.14. The predicted molar refractivity (Wildman–Crippen MR) is 99.4 cm³/mol. The Morgan fingerprint density at radius 2 is 1.85 bits per heavy atom. The summed E-state index contributed by atoms with van der Waals surface area (Å²) in [4.78, 5) is 38.3. The van der Waals surface area contributed by atoms with Crippen LogP contribution in [-0.2, 0) is 4.79 Å². The number of nitrogens with zero attached hydrogens (tertiary/aromatic N) is 2. The van der Waals surface area contributed by atoms with Gasteiger partial charge in [-0.25, -0.2) is 0 Å². The van der Waals surface area contributed by atoms with E-state index in [2.05, 4.69) is 5.32 Å². The van der Waals surface area contributed by atoms with Crippen LogP contribution >= 0.6 is 11.3 Å². The summed E-state index contributed by atoms with van der Waals surface area (Å²) in [5.41, 5.74) is -0.00644. The number of hydrogen-bond donors (Lipinski definition) is 1. The van der Waals surface area contributed by atoms with Gasteiger partial charge in [0.25, 0.3) is 11.6 Å². The molecule has 0 radical (unpaired) electrons. The van der Waals surface area contributed by atoms with Gasteiger partial charge in [0.15, 0.2) is 0 Å². The number of rotatable bonds is 4. The molecule has 8 heteroatoms. The molecule has 0 bridgehead atoms. The molecule has 2 fully saturated rings. The predicted octanol–water partition coefficient (Wildman–Crippen LogP) is 3.27. The van der Waals surface area contributed by atoms with Gasteiger partial charge in [0.05, 0.1) is 14.7 Å². The van der Waals surface area contributed by atoms with Crippen molar-refractivity contribution in [1.82, 2.24) is 10.2 Å². The van der Waals surface area contributed by atoms with Crippen LogP contribution in [0.4, 0.5) is 5.69 Å². The van der Waals surface area contributed by atoms with Gasteiger partial charge in [-0.15, -0.1) is 11.3 Å². The van der Waals surface area contributed by atoms with Crippen LogP contribution in [-0.4, -0.2) is 40.8 Å². The summed E-state index contributed by atoms with van der Waals surface area (Å²) in [6.07, 6.45) is 7.01. The number of carbonyl (C=O) groups is 2. The van der Waals surface area contributed by atoms with Crippen molar-refractivity contribution in [3.8, 4) is 0 Å². The van der Waals surface area contributed by atoms with Gasteiger partial charge in [-0.2, -0.15) is 0 Å². The van der Waals surface area contributed by atoms with E-state index >= 15 is 0 Å². The minimum atomic E-state index is -0.460. The zero-order valence-corrected chi connectivity index (χ0v) is 15.8. The lowest BCUT2D eigenvalue weighted by atomic mass is 9.87. The number of nitro groups is 1. The fourth-order valence-electron chi connectivity index (χ4n) is 3.87. The molecule has 0 unspecified atom stereocenters. The lowest BCUT2D eigenvalue weighted by molar-refractivity contribution is -0.385. The molecule has 7 nitrogen and oxygen atoms in total. The second-order valence-electron chi connectivity index (χ2n) is 7.22. The maximum Gasteiger partial charge on any atom is 0.283 e. The van der Waals surface area contributed by atoms with Crippen LogP contribution in [0.3, 0.4) is 0 Å². The molecule has 2 amide bonds. The first-order valence-electron chi connectivity index (χ1n) is 9.30. The van der Waals surface area contributed by atoms with E-state index in [4.69, 9.17) is 0 Å². The summed E-state index contributed by atoms with van der Waals surface area (Å²) < 4.78 is 0. The number of piperidine rings is 1. The SMILES string of the molecule is Cc1sc(C(=O)NC2CCN(C(=O)C3CCCCC3)CC2)cc1[N+](=O)[O-]. The van der Waals surface area contributed by atoms with Crippen LogP contribution in [0, 0.1) is 23.0 Å². The minimum absolute atomic E-state index is 0.00644. The lowest BCUT2D eigenvalue weighted by Crippen LogP contribution is -2.48. The fourth-order valence-corrected chi connectivity index (χ4v) is 4.76. The van der Waals surface area contributed by atoms with Gasteiger partial charge in [0.2, 0.25) is 5.91 Å². The largest absolute Gasteiger partial charge is 0.348 e. The van der Waals surface area contributed by atoms with Crippen LogP contribution in [0.25, 0.3) is 0 Å². The van der Waals surface area contributed by atoms with Crippen molar-refractivity contribution < 1.29 is 14.5 Å². The summed E-state index contributed by atoms with van der Waals surface area (Å²) in [6, 6.07) is 1.36. The van der Waals surface area contributed by atoms with Gasteiger partial charge in [0.1, 0.15) is 0 Å². The number of thiophene rings is 1. The molecule has 3 rings (SSSR count). The zero-order valence-electron chi connectivity index (χ0n) is 15.0. The quantitative estimate of drug-likeness (QED) is 0.642. The molecule has 1 saturated carbocycles. The normalized spacial score (nSPS) is 19.3. The lowest BCUT2D eigenvalue weighted by Gasteiger charge is -2.35. The Morgan fingerprint density at radius 3 is 2.42 bits per heavy atom. The number of carbonyl (C=O) groups excluding carboxylic acids is 2. The minimum Gasteiger partial charge on any atom is -0.348 e. The first-order chi connectivity index (χ1) is 12.5. The van der Waals surface area contributed by atoms with E-state index in [1.54, 1.807) is 6.92 Å². The highest BCUT2D eigenvalue weighted by Gasteiger charge is 2.30. The molecule has 1 aliphatic heterocycles.